The topological polar surface area (TPSA) is 77.5 Å². The molecule has 1 aromatic carbocycles. The molecule has 1 saturated carbocycles. The lowest BCUT2D eigenvalue weighted by atomic mass is 9.95. The van der Waals surface area contributed by atoms with Crippen molar-refractivity contribution in [2.24, 2.45) is 0 Å². The maximum absolute atomic E-state index is 12.8. The molecule has 1 aromatic heterocycles. The highest BCUT2D eigenvalue weighted by Gasteiger charge is 2.29. The molecule has 1 N–H and O–H groups in total. The summed E-state index contributed by atoms with van der Waals surface area (Å²) >= 11 is 0. The molecular weight excluding hydrogens is 344 g/mol. The Kier molecular flexibility index (Phi) is 6.41. The van der Waals surface area contributed by atoms with Crippen LogP contribution in [-0.2, 0) is 9.53 Å². The molecule has 0 radical (unpaired) electrons. The first kappa shape index (κ1) is 18.9. The molecule has 2 aromatic rings. The van der Waals surface area contributed by atoms with Gasteiger partial charge in [0.15, 0.2) is 0 Å². The summed E-state index contributed by atoms with van der Waals surface area (Å²) in [6, 6.07) is 11.9. The Morgan fingerprint density at radius 1 is 1.07 bits per heavy atom. The molecule has 1 amide bonds. The number of nitrogens with one attached hydrogen (secondary N) is 1. The molecule has 3 rings (SSSR count). The van der Waals surface area contributed by atoms with Gasteiger partial charge in [0.05, 0.1) is 18.4 Å². The summed E-state index contributed by atoms with van der Waals surface area (Å²) in [5.74, 6) is -0.266. The monoisotopic (exact) mass is 368 g/mol. The first-order chi connectivity index (χ1) is 13.2. The van der Waals surface area contributed by atoms with Crippen molar-refractivity contribution in [3.8, 4) is 5.75 Å². The van der Waals surface area contributed by atoms with Gasteiger partial charge in [-0.05, 0) is 49.2 Å². The summed E-state index contributed by atoms with van der Waals surface area (Å²) in [5, 5.41) is 3.02. The number of hydrogen-bond donors (Lipinski definition) is 1. The van der Waals surface area contributed by atoms with Gasteiger partial charge in [-0.3, -0.25) is 9.78 Å². The van der Waals surface area contributed by atoms with Gasteiger partial charge in [-0.15, -0.1) is 0 Å². The van der Waals surface area contributed by atoms with Crippen molar-refractivity contribution >= 4 is 11.9 Å². The minimum absolute atomic E-state index is 0.122. The number of aromatic nitrogens is 1. The van der Waals surface area contributed by atoms with Crippen molar-refractivity contribution in [3.63, 3.8) is 0 Å². The zero-order chi connectivity index (χ0) is 19.1. The Morgan fingerprint density at radius 3 is 2.44 bits per heavy atom. The highest BCUT2D eigenvalue weighted by Crippen LogP contribution is 2.22. The van der Waals surface area contributed by atoms with Gasteiger partial charge in [-0.2, -0.15) is 0 Å². The van der Waals surface area contributed by atoms with Crippen molar-refractivity contribution < 1.29 is 19.1 Å². The van der Waals surface area contributed by atoms with Crippen LogP contribution in [0.4, 0.5) is 0 Å². The van der Waals surface area contributed by atoms with Crippen LogP contribution in [0.1, 0.15) is 54.3 Å². The molecule has 6 heteroatoms. The number of nitrogens with zero attached hydrogens (tertiary/aromatic N) is 1. The van der Waals surface area contributed by atoms with Gasteiger partial charge in [-0.1, -0.05) is 25.3 Å². The van der Waals surface area contributed by atoms with E-state index < -0.39 is 12.1 Å². The quantitative estimate of drug-likeness (QED) is 0.791. The maximum atomic E-state index is 12.8. The molecule has 1 heterocycles. The van der Waals surface area contributed by atoms with Gasteiger partial charge in [0, 0.05) is 12.2 Å². The van der Waals surface area contributed by atoms with E-state index in [0.29, 0.717) is 17.0 Å². The van der Waals surface area contributed by atoms with Gasteiger partial charge < -0.3 is 14.8 Å². The maximum Gasteiger partial charge on any atom is 0.339 e. The molecule has 1 fully saturated rings. The van der Waals surface area contributed by atoms with E-state index in [0.717, 1.165) is 25.7 Å². The predicted octanol–water partition coefficient (Wildman–Crippen LogP) is 3.44. The smallest absolute Gasteiger partial charge is 0.339 e. The molecule has 1 unspecified atom stereocenters. The van der Waals surface area contributed by atoms with E-state index in [4.69, 9.17) is 9.47 Å². The van der Waals surface area contributed by atoms with E-state index >= 15 is 0 Å². The third kappa shape index (κ3) is 5.06. The van der Waals surface area contributed by atoms with Crippen LogP contribution in [0.25, 0.3) is 0 Å². The second-order valence-corrected chi connectivity index (χ2v) is 6.61. The second kappa shape index (κ2) is 9.16. The minimum atomic E-state index is -1.08. The van der Waals surface area contributed by atoms with Crippen LogP contribution in [0, 0.1) is 0 Å². The van der Waals surface area contributed by atoms with Gasteiger partial charge >= 0.3 is 5.97 Å². The lowest BCUT2D eigenvalue weighted by Gasteiger charge is -2.25. The molecule has 1 aliphatic rings. The summed E-state index contributed by atoms with van der Waals surface area (Å²) in [4.78, 5) is 29.6. The first-order valence-electron chi connectivity index (χ1n) is 9.23. The van der Waals surface area contributed by atoms with Gasteiger partial charge in [0.2, 0.25) is 6.10 Å². The summed E-state index contributed by atoms with van der Waals surface area (Å²) in [5.41, 5.74) is 0.759. The minimum Gasteiger partial charge on any atom is -0.497 e. The van der Waals surface area contributed by atoms with E-state index in [9.17, 15) is 9.59 Å². The largest absolute Gasteiger partial charge is 0.497 e. The summed E-state index contributed by atoms with van der Waals surface area (Å²) < 4.78 is 10.6. The predicted molar refractivity (Wildman–Crippen MR) is 100 cm³/mol. The molecule has 6 nitrogen and oxygen atoms in total. The number of pyridine rings is 1. The van der Waals surface area contributed by atoms with E-state index in [1.807, 2.05) is 0 Å². The summed E-state index contributed by atoms with van der Waals surface area (Å²) in [6.07, 6.45) is 5.80. The highest BCUT2D eigenvalue weighted by molar-refractivity contribution is 5.92. The molecule has 0 spiro atoms. The summed E-state index contributed by atoms with van der Waals surface area (Å²) in [6.45, 7) is 0. The Hall–Kier alpha value is -2.89. The molecule has 0 saturated heterocycles. The second-order valence-electron chi connectivity index (χ2n) is 6.61. The average Bonchev–Trinajstić information content (AvgIpc) is 2.73. The number of carbonyl (C=O) groups is 2. The van der Waals surface area contributed by atoms with E-state index in [2.05, 4.69) is 10.3 Å². The number of rotatable bonds is 6. The van der Waals surface area contributed by atoms with Crippen molar-refractivity contribution in [2.45, 2.75) is 44.2 Å². The summed E-state index contributed by atoms with van der Waals surface area (Å²) in [7, 11) is 1.56. The third-order valence-electron chi connectivity index (χ3n) is 4.70. The normalized spacial score (nSPS) is 15.6. The fraction of sp³-hybridized carbons (Fsp3) is 0.381. The number of amides is 1. The highest BCUT2D eigenvalue weighted by atomic mass is 16.5. The lowest BCUT2D eigenvalue weighted by Crippen LogP contribution is -2.40. The molecule has 142 valence electrons. The Morgan fingerprint density at radius 2 is 1.81 bits per heavy atom. The Balaban J connectivity index is 1.74. The van der Waals surface area contributed by atoms with Crippen LogP contribution >= 0.6 is 0 Å². The molecule has 27 heavy (non-hydrogen) atoms. The zero-order valence-corrected chi connectivity index (χ0v) is 15.4. The molecule has 0 bridgehead atoms. The Bertz CT molecular complexity index is 756. The van der Waals surface area contributed by atoms with Crippen LogP contribution in [0.5, 0.6) is 5.75 Å². The molecule has 1 aliphatic carbocycles. The SMILES string of the molecule is COc1ccc(C(=O)OC(C(=O)NC2CCCCC2)c2ccccn2)cc1. The average molecular weight is 368 g/mol. The number of carbonyl (C=O) groups excluding carboxylic acids is 2. The van der Waals surface area contributed by atoms with Crippen LogP contribution in [-0.4, -0.2) is 30.0 Å². The van der Waals surface area contributed by atoms with Crippen LogP contribution in [0.2, 0.25) is 0 Å². The molecular formula is C21H24N2O4. The van der Waals surface area contributed by atoms with Crippen LogP contribution in [0.15, 0.2) is 48.7 Å². The lowest BCUT2D eigenvalue weighted by molar-refractivity contribution is -0.131. The molecule has 0 aliphatic heterocycles. The van der Waals surface area contributed by atoms with Crippen molar-refractivity contribution in [2.75, 3.05) is 7.11 Å². The van der Waals surface area contributed by atoms with Crippen LogP contribution < -0.4 is 10.1 Å². The van der Waals surface area contributed by atoms with Gasteiger partial charge in [0.1, 0.15) is 5.75 Å². The van der Waals surface area contributed by atoms with Crippen molar-refractivity contribution in [1.29, 1.82) is 0 Å². The van der Waals surface area contributed by atoms with Crippen LogP contribution in [0.3, 0.4) is 0 Å². The number of esters is 1. The van der Waals surface area contributed by atoms with Gasteiger partial charge in [-0.25, -0.2) is 4.79 Å². The first-order valence-corrected chi connectivity index (χ1v) is 9.23. The fourth-order valence-corrected chi connectivity index (χ4v) is 3.21. The molecule has 1 atom stereocenters. The zero-order valence-electron chi connectivity index (χ0n) is 15.4. The van der Waals surface area contributed by atoms with Crippen molar-refractivity contribution in [1.82, 2.24) is 10.3 Å². The standard InChI is InChI=1S/C21H24N2O4/c1-26-17-12-10-15(11-13-17)21(25)27-19(18-9-5-6-14-22-18)20(24)23-16-7-3-2-4-8-16/h5-6,9-14,16,19H,2-4,7-8H2,1H3,(H,23,24). The van der Waals surface area contributed by atoms with Gasteiger partial charge in [0.25, 0.3) is 5.91 Å². The van der Waals surface area contributed by atoms with E-state index in [1.165, 1.54) is 6.42 Å². The fourth-order valence-electron chi connectivity index (χ4n) is 3.21. The third-order valence-corrected chi connectivity index (χ3v) is 4.70. The number of benzene rings is 1. The number of ether oxygens (including phenoxy) is 2. The van der Waals surface area contributed by atoms with Crippen molar-refractivity contribution in [3.05, 3.63) is 59.9 Å². The van der Waals surface area contributed by atoms with E-state index in [1.54, 1.807) is 55.8 Å². The Labute approximate surface area is 158 Å². The number of hydrogen-bond acceptors (Lipinski definition) is 5. The van der Waals surface area contributed by atoms with E-state index in [-0.39, 0.29) is 11.9 Å². The number of methoxy groups -OCH3 is 1.